The Morgan fingerprint density at radius 2 is 1.88 bits per heavy atom. The second-order valence-corrected chi connectivity index (χ2v) is 7.23. The molecule has 25 heavy (non-hydrogen) atoms. The number of likely N-dealkylation sites (tertiary alicyclic amines) is 2. The predicted octanol–water partition coefficient (Wildman–Crippen LogP) is 2.13. The van der Waals surface area contributed by atoms with Crippen LogP contribution in [0, 0.1) is 11.8 Å². The van der Waals surface area contributed by atoms with Gasteiger partial charge in [0, 0.05) is 37.3 Å². The van der Waals surface area contributed by atoms with Crippen LogP contribution in [0.4, 0.5) is 10.5 Å². The van der Waals surface area contributed by atoms with E-state index in [1.54, 1.807) is 4.90 Å². The Labute approximate surface area is 149 Å². The van der Waals surface area contributed by atoms with Gasteiger partial charge in [-0.2, -0.15) is 0 Å². The summed E-state index contributed by atoms with van der Waals surface area (Å²) in [5.74, 6) is 0.696. The largest absolute Gasteiger partial charge is 0.339 e. The molecule has 1 aromatic carbocycles. The molecule has 2 aliphatic heterocycles. The summed E-state index contributed by atoms with van der Waals surface area (Å²) < 4.78 is 0. The zero-order chi connectivity index (χ0) is 17.8. The lowest BCUT2D eigenvalue weighted by molar-refractivity contribution is -0.137. The Hall–Kier alpha value is -2.08. The van der Waals surface area contributed by atoms with Crippen molar-refractivity contribution in [2.45, 2.75) is 32.2 Å². The van der Waals surface area contributed by atoms with Gasteiger partial charge in [-0.25, -0.2) is 4.79 Å². The van der Waals surface area contributed by atoms with Crippen molar-refractivity contribution in [1.82, 2.24) is 9.80 Å². The molecule has 1 aromatic rings. The number of hydrogen-bond donors (Lipinski definition) is 2. The Morgan fingerprint density at radius 1 is 1.20 bits per heavy atom. The molecule has 0 radical (unpaired) electrons. The molecule has 0 spiro atoms. The van der Waals surface area contributed by atoms with E-state index in [1.165, 1.54) is 0 Å². The van der Waals surface area contributed by atoms with Crippen molar-refractivity contribution >= 4 is 17.6 Å². The van der Waals surface area contributed by atoms with Crippen molar-refractivity contribution < 1.29 is 9.59 Å². The standard InChI is InChI=1S/C19H28N4O2/c1-14-11-15(12-20)13-23(14)18(24)16-7-9-22(10-8-16)19(25)21-17-5-3-2-4-6-17/h2-6,14-16H,7-13,20H2,1H3,(H,21,25). The summed E-state index contributed by atoms with van der Waals surface area (Å²) in [5.41, 5.74) is 6.56. The molecule has 3 amide bonds. The van der Waals surface area contributed by atoms with Crippen molar-refractivity contribution in [3.8, 4) is 0 Å². The number of piperidine rings is 1. The van der Waals surface area contributed by atoms with Crippen LogP contribution in [0.3, 0.4) is 0 Å². The minimum Gasteiger partial charge on any atom is -0.339 e. The van der Waals surface area contributed by atoms with Gasteiger partial charge < -0.3 is 20.9 Å². The molecule has 2 fully saturated rings. The Morgan fingerprint density at radius 3 is 2.48 bits per heavy atom. The monoisotopic (exact) mass is 344 g/mol. The smallest absolute Gasteiger partial charge is 0.321 e. The molecular formula is C19H28N4O2. The second kappa shape index (κ2) is 7.87. The Balaban J connectivity index is 1.50. The lowest BCUT2D eigenvalue weighted by Crippen LogP contribution is -2.46. The van der Waals surface area contributed by atoms with Gasteiger partial charge in [0.2, 0.25) is 5.91 Å². The summed E-state index contributed by atoms with van der Waals surface area (Å²) in [4.78, 5) is 28.9. The number of carbonyl (C=O) groups excluding carboxylic acids is 2. The zero-order valence-corrected chi connectivity index (χ0v) is 14.9. The van der Waals surface area contributed by atoms with Crippen LogP contribution < -0.4 is 11.1 Å². The fraction of sp³-hybridized carbons (Fsp3) is 0.579. The third-order valence-corrected chi connectivity index (χ3v) is 5.43. The quantitative estimate of drug-likeness (QED) is 0.882. The second-order valence-electron chi connectivity index (χ2n) is 7.23. The van der Waals surface area contributed by atoms with Gasteiger partial charge >= 0.3 is 6.03 Å². The third-order valence-electron chi connectivity index (χ3n) is 5.43. The van der Waals surface area contributed by atoms with Gasteiger partial charge in [-0.3, -0.25) is 4.79 Å². The number of nitrogens with zero attached hydrogens (tertiary/aromatic N) is 2. The highest BCUT2D eigenvalue weighted by molar-refractivity contribution is 5.89. The van der Waals surface area contributed by atoms with Crippen LogP contribution in [-0.2, 0) is 4.79 Å². The van der Waals surface area contributed by atoms with Gasteiger partial charge in [-0.05, 0) is 50.8 Å². The SMILES string of the molecule is CC1CC(CN)CN1C(=O)C1CCN(C(=O)Nc2ccccc2)CC1. The average Bonchev–Trinajstić information content (AvgIpc) is 3.03. The Bertz CT molecular complexity index is 599. The van der Waals surface area contributed by atoms with Crippen LogP contribution in [-0.4, -0.2) is 54.0 Å². The molecule has 2 unspecified atom stereocenters. The van der Waals surface area contributed by atoms with E-state index in [0.717, 1.165) is 31.5 Å². The first-order valence-corrected chi connectivity index (χ1v) is 9.20. The summed E-state index contributed by atoms with van der Waals surface area (Å²) in [7, 11) is 0. The van der Waals surface area contributed by atoms with E-state index in [-0.39, 0.29) is 23.9 Å². The van der Waals surface area contributed by atoms with E-state index >= 15 is 0 Å². The number of amides is 3. The first-order chi connectivity index (χ1) is 12.1. The summed E-state index contributed by atoms with van der Waals surface area (Å²) in [6, 6.07) is 9.64. The maximum absolute atomic E-state index is 12.8. The first kappa shape index (κ1) is 17.7. The first-order valence-electron chi connectivity index (χ1n) is 9.20. The molecule has 2 atom stereocenters. The van der Waals surface area contributed by atoms with Crippen molar-refractivity contribution in [3.63, 3.8) is 0 Å². The molecule has 6 heteroatoms. The van der Waals surface area contributed by atoms with Crippen LogP contribution in [0.15, 0.2) is 30.3 Å². The van der Waals surface area contributed by atoms with Crippen LogP contribution in [0.2, 0.25) is 0 Å². The molecule has 0 aliphatic carbocycles. The average molecular weight is 344 g/mol. The number of benzene rings is 1. The highest BCUT2D eigenvalue weighted by Crippen LogP contribution is 2.27. The van der Waals surface area contributed by atoms with Gasteiger partial charge in [-0.1, -0.05) is 18.2 Å². The molecule has 2 aliphatic rings. The lowest BCUT2D eigenvalue weighted by atomic mass is 9.95. The number of carbonyl (C=O) groups is 2. The molecule has 0 bridgehead atoms. The number of anilines is 1. The molecule has 2 heterocycles. The van der Waals surface area contributed by atoms with Crippen LogP contribution in [0.1, 0.15) is 26.2 Å². The summed E-state index contributed by atoms with van der Waals surface area (Å²) in [6.45, 7) is 4.78. The highest BCUT2D eigenvalue weighted by Gasteiger charge is 2.36. The number of urea groups is 1. The lowest BCUT2D eigenvalue weighted by Gasteiger charge is -2.34. The molecule has 2 saturated heterocycles. The minimum atomic E-state index is -0.0881. The highest BCUT2D eigenvalue weighted by atomic mass is 16.2. The molecule has 0 saturated carbocycles. The topological polar surface area (TPSA) is 78.7 Å². The van der Waals surface area contributed by atoms with Crippen LogP contribution >= 0.6 is 0 Å². The molecular weight excluding hydrogens is 316 g/mol. The van der Waals surface area contributed by atoms with Gasteiger partial charge in [0.05, 0.1) is 0 Å². The number of nitrogens with one attached hydrogen (secondary N) is 1. The van der Waals surface area contributed by atoms with Crippen LogP contribution in [0.5, 0.6) is 0 Å². The fourth-order valence-corrected chi connectivity index (χ4v) is 3.91. The van der Waals surface area contributed by atoms with E-state index < -0.39 is 0 Å². The number of hydrogen-bond acceptors (Lipinski definition) is 3. The van der Waals surface area contributed by atoms with Gasteiger partial charge in [0.1, 0.15) is 0 Å². The van der Waals surface area contributed by atoms with E-state index in [4.69, 9.17) is 5.73 Å². The third kappa shape index (κ3) is 4.12. The van der Waals surface area contributed by atoms with E-state index in [2.05, 4.69) is 12.2 Å². The zero-order valence-electron chi connectivity index (χ0n) is 14.9. The molecule has 136 valence electrons. The van der Waals surface area contributed by atoms with Crippen molar-refractivity contribution in [3.05, 3.63) is 30.3 Å². The molecule has 0 aromatic heterocycles. The van der Waals surface area contributed by atoms with Crippen molar-refractivity contribution in [2.75, 3.05) is 31.5 Å². The van der Waals surface area contributed by atoms with E-state index in [0.29, 0.717) is 25.6 Å². The molecule has 6 nitrogen and oxygen atoms in total. The number of rotatable bonds is 3. The van der Waals surface area contributed by atoms with Crippen LogP contribution in [0.25, 0.3) is 0 Å². The van der Waals surface area contributed by atoms with Gasteiger partial charge in [0.15, 0.2) is 0 Å². The maximum Gasteiger partial charge on any atom is 0.321 e. The van der Waals surface area contributed by atoms with E-state index in [9.17, 15) is 9.59 Å². The summed E-state index contributed by atoms with van der Waals surface area (Å²) >= 11 is 0. The number of para-hydroxylation sites is 1. The maximum atomic E-state index is 12.8. The van der Waals surface area contributed by atoms with Gasteiger partial charge in [0.25, 0.3) is 0 Å². The molecule has 3 N–H and O–H groups in total. The van der Waals surface area contributed by atoms with Crippen molar-refractivity contribution in [1.29, 1.82) is 0 Å². The number of nitrogens with two attached hydrogens (primary N) is 1. The Kier molecular flexibility index (Phi) is 5.58. The van der Waals surface area contributed by atoms with Gasteiger partial charge in [-0.15, -0.1) is 0 Å². The minimum absolute atomic E-state index is 0.0275. The summed E-state index contributed by atoms with van der Waals surface area (Å²) in [6.07, 6.45) is 2.47. The van der Waals surface area contributed by atoms with E-state index in [1.807, 2.05) is 35.2 Å². The van der Waals surface area contributed by atoms with Crippen molar-refractivity contribution in [2.24, 2.45) is 17.6 Å². The fourth-order valence-electron chi connectivity index (χ4n) is 3.91. The summed E-state index contributed by atoms with van der Waals surface area (Å²) in [5, 5.41) is 2.91. The molecule has 3 rings (SSSR count). The predicted molar refractivity (Wildman–Crippen MR) is 98.1 cm³/mol. The normalized spacial score (nSPS) is 24.4.